The first-order valence-corrected chi connectivity index (χ1v) is 9.84. The number of aromatic nitrogens is 2. The molecule has 2 aromatic carbocycles. The summed E-state index contributed by atoms with van der Waals surface area (Å²) in [5, 5.41) is 5.78. The highest BCUT2D eigenvalue weighted by molar-refractivity contribution is 7.91. The van der Waals surface area contributed by atoms with Crippen LogP contribution >= 0.6 is 0 Å². The largest absolute Gasteiger partial charge is 0.350 e. The van der Waals surface area contributed by atoms with E-state index in [9.17, 15) is 26.8 Å². The van der Waals surface area contributed by atoms with E-state index in [2.05, 4.69) is 10.4 Å². The zero-order chi connectivity index (χ0) is 21.0. The summed E-state index contributed by atoms with van der Waals surface area (Å²) < 4.78 is 52.2. The lowest BCUT2D eigenvalue weighted by molar-refractivity contribution is -0.122. The predicted molar refractivity (Wildman–Crippen MR) is 98.6 cm³/mol. The molecule has 1 aromatic heterocycles. The number of hydrogen-bond donors (Lipinski definition) is 1. The molecule has 0 aliphatic heterocycles. The number of amides is 1. The maximum atomic E-state index is 13.4. The summed E-state index contributed by atoms with van der Waals surface area (Å²) in [5.41, 5.74) is -0.0392. The van der Waals surface area contributed by atoms with Gasteiger partial charge in [-0.15, -0.1) is 0 Å². The highest BCUT2D eigenvalue weighted by atomic mass is 32.2. The minimum Gasteiger partial charge on any atom is -0.350 e. The summed E-state index contributed by atoms with van der Waals surface area (Å²) in [6.07, 6.45) is 0. The Bertz CT molecular complexity index is 1210. The van der Waals surface area contributed by atoms with Crippen molar-refractivity contribution in [3.8, 4) is 0 Å². The summed E-state index contributed by atoms with van der Waals surface area (Å²) in [6, 6.07) is 11.8. The summed E-state index contributed by atoms with van der Waals surface area (Å²) in [4.78, 5) is 23.7. The number of halogens is 2. The maximum absolute atomic E-state index is 13.4. The van der Waals surface area contributed by atoms with Gasteiger partial charge in [0.15, 0.2) is 5.03 Å². The SMILES string of the molecule is O=C(Cn1nc(S(=O)(=O)c2cccc(F)c2)ccc1=O)NCc1ccc(F)cc1. The van der Waals surface area contributed by atoms with Gasteiger partial charge in [0, 0.05) is 12.6 Å². The van der Waals surface area contributed by atoms with Crippen LogP contribution in [0.15, 0.2) is 75.4 Å². The highest BCUT2D eigenvalue weighted by Gasteiger charge is 2.21. The number of rotatable bonds is 6. The Morgan fingerprint density at radius 2 is 1.72 bits per heavy atom. The summed E-state index contributed by atoms with van der Waals surface area (Å²) in [7, 11) is -4.17. The third-order valence-corrected chi connectivity index (χ3v) is 5.56. The fourth-order valence-electron chi connectivity index (χ4n) is 2.44. The van der Waals surface area contributed by atoms with Crippen LogP contribution in [0, 0.1) is 11.6 Å². The van der Waals surface area contributed by atoms with E-state index in [4.69, 9.17) is 0 Å². The quantitative estimate of drug-likeness (QED) is 0.656. The molecule has 150 valence electrons. The van der Waals surface area contributed by atoms with Crippen LogP contribution < -0.4 is 10.9 Å². The number of carbonyl (C=O) groups excluding carboxylic acids is 1. The van der Waals surface area contributed by atoms with Gasteiger partial charge in [-0.05, 0) is 42.0 Å². The fraction of sp³-hybridized carbons (Fsp3) is 0.105. The molecule has 7 nitrogen and oxygen atoms in total. The average molecular weight is 419 g/mol. The first-order valence-electron chi connectivity index (χ1n) is 8.36. The normalized spacial score (nSPS) is 11.2. The van der Waals surface area contributed by atoms with Crippen molar-refractivity contribution in [3.63, 3.8) is 0 Å². The minimum absolute atomic E-state index is 0.0924. The van der Waals surface area contributed by atoms with Gasteiger partial charge in [-0.2, -0.15) is 5.10 Å². The Balaban J connectivity index is 1.77. The lowest BCUT2D eigenvalue weighted by Gasteiger charge is -2.09. The fourth-order valence-corrected chi connectivity index (χ4v) is 3.66. The number of nitrogens with zero attached hydrogens (tertiary/aromatic N) is 2. The molecule has 1 amide bonds. The van der Waals surface area contributed by atoms with Gasteiger partial charge in [-0.3, -0.25) is 9.59 Å². The molecule has 0 aliphatic carbocycles. The maximum Gasteiger partial charge on any atom is 0.267 e. The van der Waals surface area contributed by atoms with E-state index >= 15 is 0 Å². The topological polar surface area (TPSA) is 98.1 Å². The molecule has 0 spiro atoms. The van der Waals surface area contributed by atoms with Crippen molar-refractivity contribution < 1.29 is 22.0 Å². The zero-order valence-electron chi connectivity index (χ0n) is 14.9. The van der Waals surface area contributed by atoms with Crippen LogP contribution in [0.5, 0.6) is 0 Å². The van der Waals surface area contributed by atoms with Crippen LogP contribution in [0.25, 0.3) is 0 Å². The predicted octanol–water partition coefficient (Wildman–Crippen LogP) is 1.67. The molecule has 3 aromatic rings. The van der Waals surface area contributed by atoms with E-state index < -0.39 is 44.5 Å². The summed E-state index contributed by atoms with van der Waals surface area (Å²) >= 11 is 0. The second kappa shape index (κ2) is 8.31. The van der Waals surface area contributed by atoms with E-state index in [-0.39, 0.29) is 11.4 Å². The van der Waals surface area contributed by atoms with Crippen molar-refractivity contribution in [2.75, 3.05) is 0 Å². The van der Waals surface area contributed by atoms with Crippen molar-refractivity contribution in [3.05, 3.63) is 88.2 Å². The Morgan fingerprint density at radius 1 is 1.00 bits per heavy atom. The van der Waals surface area contributed by atoms with Gasteiger partial charge in [0.25, 0.3) is 5.56 Å². The van der Waals surface area contributed by atoms with Crippen LogP contribution in [0.3, 0.4) is 0 Å². The Morgan fingerprint density at radius 3 is 2.41 bits per heavy atom. The van der Waals surface area contributed by atoms with Crippen LogP contribution in [0.2, 0.25) is 0 Å². The molecule has 3 rings (SSSR count). The van der Waals surface area contributed by atoms with Gasteiger partial charge >= 0.3 is 0 Å². The van der Waals surface area contributed by atoms with Crippen molar-refractivity contribution in [2.24, 2.45) is 0 Å². The van der Waals surface area contributed by atoms with Crippen LogP contribution in [0.4, 0.5) is 8.78 Å². The highest BCUT2D eigenvalue weighted by Crippen LogP contribution is 2.18. The molecule has 1 N–H and O–H groups in total. The molecular formula is C19H15F2N3O4S. The van der Waals surface area contributed by atoms with E-state index in [0.29, 0.717) is 10.2 Å². The van der Waals surface area contributed by atoms with Gasteiger partial charge in [-0.1, -0.05) is 18.2 Å². The number of sulfone groups is 1. The summed E-state index contributed by atoms with van der Waals surface area (Å²) in [5.74, 6) is -1.74. The molecule has 1 heterocycles. The number of nitrogens with one attached hydrogen (secondary N) is 1. The van der Waals surface area contributed by atoms with Crippen molar-refractivity contribution in [2.45, 2.75) is 23.0 Å². The van der Waals surface area contributed by atoms with E-state index in [1.54, 1.807) is 0 Å². The number of carbonyl (C=O) groups is 1. The molecule has 0 unspecified atom stereocenters. The Labute approximate surface area is 164 Å². The molecule has 0 saturated carbocycles. The summed E-state index contributed by atoms with van der Waals surface area (Å²) in [6.45, 7) is -0.429. The monoisotopic (exact) mass is 419 g/mol. The molecule has 0 saturated heterocycles. The van der Waals surface area contributed by atoms with Gasteiger partial charge in [0.2, 0.25) is 15.7 Å². The van der Waals surface area contributed by atoms with E-state index in [1.165, 1.54) is 36.4 Å². The van der Waals surface area contributed by atoms with Crippen LogP contribution in [-0.2, 0) is 27.7 Å². The molecular weight excluding hydrogens is 404 g/mol. The van der Waals surface area contributed by atoms with Gasteiger partial charge in [0.05, 0.1) is 4.90 Å². The number of benzene rings is 2. The van der Waals surface area contributed by atoms with E-state index in [0.717, 1.165) is 24.3 Å². The number of hydrogen-bond acceptors (Lipinski definition) is 5. The molecule has 0 aliphatic rings. The zero-order valence-corrected chi connectivity index (χ0v) is 15.7. The van der Waals surface area contributed by atoms with Crippen LogP contribution in [0.1, 0.15) is 5.56 Å². The molecule has 10 heteroatoms. The third-order valence-electron chi connectivity index (χ3n) is 3.92. The van der Waals surface area contributed by atoms with Crippen LogP contribution in [-0.4, -0.2) is 24.1 Å². The van der Waals surface area contributed by atoms with Gasteiger partial charge < -0.3 is 5.32 Å². The second-order valence-corrected chi connectivity index (χ2v) is 7.93. The molecule has 0 atom stereocenters. The van der Waals surface area contributed by atoms with Crippen molar-refractivity contribution >= 4 is 15.7 Å². The van der Waals surface area contributed by atoms with Crippen molar-refractivity contribution in [1.29, 1.82) is 0 Å². The van der Waals surface area contributed by atoms with Gasteiger partial charge in [0.1, 0.15) is 18.2 Å². The Hall–Kier alpha value is -3.40. The molecule has 0 bridgehead atoms. The van der Waals surface area contributed by atoms with Crippen molar-refractivity contribution in [1.82, 2.24) is 15.1 Å². The average Bonchev–Trinajstić information content (AvgIpc) is 2.69. The Kier molecular flexibility index (Phi) is 5.83. The smallest absolute Gasteiger partial charge is 0.267 e. The van der Waals surface area contributed by atoms with E-state index in [1.807, 2.05) is 0 Å². The van der Waals surface area contributed by atoms with Gasteiger partial charge in [-0.25, -0.2) is 21.9 Å². The lowest BCUT2D eigenvalue weighted by atomic mass is 10.2. The standard InChI is InChI=1S/C19H15F2N3O4S/c20-14-6-4-13(5-7-14)11-22-17(25)12-24-19(26)9-8-18(23-24)29(27,28)16-3-1-2-15(21)10-16/h1-10H,11-12H2,(H,22,25). The first-order chi connectivity index (χ1) is 13.8. The molecule has 29 heavy (non-hydrogen) atoms. The lowest BCUT2D eigenvalue weighted by Crippen LogP contribution is -2.33. The second-order valence-electron chi connectivity index (χ2n) is 6.03. The minimum atomic E-state index is -4.17. The molecule has 0 radical (unpaired) electrons. The first kappa shape index (κ1) is 20.3. The molecule has 0 fully saturated rings. The third kappa shape index (κ3) is 4.91.